The highest BCUT2D eigenvalue weighted by Crippen LogP contribution is 2.17. The summed E-state index contributed by atoms with van der Waals surface area (Å²) in [4.78, 5) is 30.6. The minimum Gasteiger partial charge on any atom is -0.354 e. The van der Waals surface area contributed by atoms with Crippen molar-refractivity contribution in [2.24, 2.45) is 0 Å². The van der Waals surface area contributed by atoms with Gasteiger partial charge in [-0.1, -0.05) is 18.2 Å². The monoisotopic (exact) mass is 343 g/mol. The number of thiazole rings is 1. The van der Waals surface area contributed by atoms with Gasteiger partial charge in [-0.05, 0) is 12.1 Å². The number of aromatic nitrogens is 3. The Morgan fingerprint density at radius 3 is 2.75 bits per heavy atom. The number of para-hydroxylation sites is 1. The predicted octanol–water partition coefficient (Wildman–Crippen LogP) is 1.62. The zero-order valence-corrected chi connectivity index (χ0v) is 14.1. The lowest BCUT2D eigenvalue weighted by molar-refractivity contribution is 0.0945. The number of hydrogen-bond acceptors (Lipinski definition) is 5. The van der Waals surface area contributed by atoms with E-state index in [2.05, 4.69) is 15.4 Å². The van der Waals surface area contributed by atoms with Crippen LogP contribution in [-0.4, -0.2) is 34.8 Å². The first-order valence-corrected chi connectivity index (χ1v) is 8.20. The van der Waals surface area contributed by atoms with Crippen molar-refractivity contribution in [2.75, 3.05) is 19.0 Å². The molecule has 0 bridgehead atoms. The zero-order chi connectivity index (χ0) is 17.1. The van der Waals surface area contributed by atoms with Gasteiger partial charge in [0.05, 0.1) is 17.9 Å². The zero-order valence-electron chi connectivity index (χ0n) is 13.3. The molecule has 1 amide bonds. The van der Waals surface area contributed by atoms with Crippen molar-refractivity contribution in [3.8, 4) is 5.69 Å². The van der Waals surface area contributed by atoms with Crippen molar-refractivity contribution in [3.05, 3.63) is 63.5 Å². The lowest BCUT2D eigenvalue weighted by Crippen LogP contribution is -2.23. The Hall–Kier alpha value is -2.87. The molecule has 2 N–H and O–H groups in total. The first-order valence-electron chi connectivity index (χ1n) is 7.32. The van der Waals surface area contributed by atoms with Crippen LogP contribution in [-0.2, 0) is 6.54 Å². The lowest BCUT2D eigenvalue weighted by atomic mass is 10.3. The SMILES string of the molecule is CN(C)c1nc(CNC(=O)c2cc(=O)n(-c3ccccc3)[nH]2)cs1. The Labute approximate surface area is 142 Å². The van der Waals surface area contributed by atoms with Gasteiger partial charge in [0, 0.05) is 25.5 Å². The average Bonchev–Trinajstić information content (AvgIpc) is 3.20. The summed E-state index contributed by atoms with van der Waals surface area (Å²) >= 11 is 1.51. The van der Waals surface area contributed by atoms with Crippen LogP contribution in [0.5, 0.6) is 0 Å². The number of amides is 1. The van der Waals surface area contributed by atoms with Crippen LogP contribution in [0.4, 0.5) is 5.13 Å². The maximum atomic E-state index is 12.2. The van der Waals surface area contributed by atoms with E-state index in [9.17, 15) is 9.59 Å². The minimum atomic E-state index is -0.346. The third-order valence-electron chi connectivity index (χ3n) is 3.33. The van der Waals surface area contributed by atoms with Crippen LogP contribution in [0.1, 0.15) is 16.2 Å². The van der Waals surface area contributed by atoms with E-state index >= 15 is 0 Å². The highest BCUT2D eigenvalue weighted by atomic mass is 32.1. The number of aromatic amines is 1. The molecule has 2 heterocycles. The summed E-state index contributed by atoms with van der Waals surface area (Å²) in [6.45, 7) is 0.307. The molecule has 0 fully saturated rings. The molecule has 0 aliphatic heterocycles. The van der Waals surface area contributed by atoms with Crippen molar-refractivity contribution in [2.45, 2.75) is 6.54 Å². The molecule has 0 spiro atoms. The molecule has 24 heavy (non-hydrogen) atoms. The van der Waals surface area contributed by atoms with Crippen molar-refractivity contribution < 1.29 is 4.79 Å². The topological polar surface area (TPSA) is 83.0 Å². The Bertz CT molecular complexity index is 895. The van der Waals surface area contributed by atoms with Crippen LogP contribution >= 0.6 is 11.3 Å². The molecule has 0 atom stereocenters. The molecule has 3 rings (SSSR count). The van der Waals surface area contributed by atoms with Gasteiger partial charge in [-0.3, -0.25) is 14.7 Å². The molecule has 8 heteroatoms. The molecule has 3 aromatic rings. The van der Waals surface area contributed by atoms with Crippen molar-refractivity contribution >= 4 is 22.4 Å². The van der Waals surface area contributed by atoms with E-state index in [4.69, 9.17) is 0 Å². The van der Waals surface area contributed by atoms with E-state index < -0.39 is 0 Å². The van der Waals surface area contributed by atoms with Crippen LogP contribution in [0.3, 0.4) is 0 Å². The highest BCUT2D eigenvalue weighted by Gasteiger charge is 2.12. The fourth-order valence-electron chi connectivity index (χ4n) is 2.13. The molecule has 2 aromatic heterocycles. The lowest BCUT2D eigenvalue weighted by Gasteiger charge is -2.06. The van der Waals surface area contributed by atoms with Crippen LogP contribution in [0.25, 0.3) is 5.69 Å². The molecule has 0 unspecified atom stereocenters. The summed E-state index contributed by atoms with van der Waals surface area (Å²) in [6, 6.07) is 10.4. The quantitative estimate of drug-likeness (QED) is 0.737. The third-order valence-corrected chi connectivity index (χ3v) is 4.39. The Morgan fingerprint density at radius 2 is 2.08 bits per heavy atom. The van der Waals surface area contributed by atoms with Crippen LogP contribution in [0.15, 0.2) is 46.6 Å². The number of carbonyl (C=O) groups is 1. The van der Waals surface area contributed by atoms with Crippen molar-refractivity contribution in [1.82, 2.24) is 20.1 Å². The summed E-state index contributed by atoms with van der Waals surface area (Å²) in [5.74, 6) is -0.346. The molecule has 0 aliphatic carbocycles. The second kappa shape index (κ2) is 6.71. The van der Waals surface area contributed by atoms with Crippen LogP contribution < -0.4 is 15.8 Å². The van der Waals surface area contributed by atoms with E-state index in [1.807, 2.05) is 42.6 Å². The number of nitrogens with zero attached hydrogens (tertiary/aromatic N) is 3. The predicted molar refractivity (Wildman–Crippen MR) is 94.0 cm³/mol. The third kappa shape index (κ3) is 3.38. The second-order valence-corrected chi connectivity index (χ2v) is 6.21. The maximum Gasteiger partial charge on any atom is 0.271 e. The Balaban J connectivity index is 1.70. The van der Waals surface area contributed by atoms with Crippen LogP contribution in [0, 0.1) is 0 Å². The smallest absolute Gasteiger partial charge is 0.271 e. The first-order chi connectivity index (χ1) is 11.5. The molecular weight excluding hydrogens is 326 g/mol. The van der Waals surface area contributed by atoms with Crippen molar-refractivity contribution in [1.29, 1.82) is 0 Å². The number of benzene rings is 1. The molecular formula is C16H17N5O2S. The molecule has 0 radical (unpaired) electrons. The molecule has 124 valence electrons. The number of rotatable bonds is 5. The van der Waals surface area contributed by atoms with Gasteiger partial charge in [0.1, 0.15) is 5.69 Å². The largest absolute Gasteiger partial charge is 0.354 e. The second-order valence-electron chi connectivity index (χ2n) is 5.38. The number of nitrogens with one attached hydrogen (secondary N) is 2. The van der Waals surface area contributed by atoms with E-state index in [1.165, 1.54) is 22.1 Å². The molecule has 1 aromatic carbocycles. The molecule has 0 saturated heterocycles. The first kappa shape index (κ1) is 16.0. The summed E-state index contributed by atoms with van der Waals surface area (Å²) in [5.41, 5.74) is 1.39. The van der Waals surface area contributed by atoms with Gasteiger partial charge in [-0.15, -0.1) is 11.3 Å². The van der Waals surface area contributed by atoms with Gasteiger partial charge in [0.2, 0.25) is 0 Å². The van der Waals surface area contributed by atoms with E-state index in [1.54, 1.807) is 12.1 Å². The molecule has 7 nitrogen and oxygen atoms in total. The normalized spacial score (nSPS) is 10.6. The van der Waals surface area contributed by atoms with Gasteiger partial charge in [-0.2, -0.15) is 0 Å². The number of anilines is 1. The Kier molecular flexibility index (Phi) is 4.48. The summed E-state index contributed by atoms with van der Waals surface area (Å²) in [6.07, 6.45) is 0. The fraction of sp³-hybridized carbons (Fsp3) is 0.188. The van der Waals surface area contributed by atoms with E-state index in [0.29, 0.717) is 12.2 Å². The minimum absolute atomic E-state index is 0.215. The van der Waals surface area contributed by atoms with E-state index in [0.717, 1.165) is 10.8 Å². The average molecular weight is 343 g/mol. The summed E-state index contributed by atoms with van der Waals surface area (Å²) < 4.78 is 1.34. The molecule has 0 saturated carbocycles. The maximum absolute atomic E-state index is 12.2. The fourth-order valence-corrected chi connectivity index (χ4v) is 2.89. The van der Waals surface area contributed by atoms with Gasteiger partial charge < -0.3 is 10.2 Å². The standard InChI is InChI=1S/C16H17N5O2S/c1-20(2)16-18-11(10-24-16)9-17-15(23)13-8-14(22)21(19-13)12-6-4-3-5-7-12/h3-8,10,19H,9H2,1-2H3,(H,17,23). The number of hydrogen-bond donors (Lipinski definition) is 2. The van der Waals surface area contributed by atoms with Gasteiger partial charge >= 0.3 is 0 Å². The van der Waals surface area contributed by atoms with E-state index in [-0.39, 0.29) is 17.2 Å². The highest BCUT2D eigenvalue weighted by molar-refractivity contribution is 7.13. The Morgan fingerprint density at radius 1 is 1.33 bits per heavy atom. The van der Waals surface area contributed by atoms with Crippen LogP contribution in [0.2, 0.25) is 0 Å². The summed E-state index contributed by atoms with van der Waals surface area (Å²) in [7, 11) is 3.83. The van der Waals surface area contributed by atoms with Gasteiger partial charge in [0.15, 0.2) is 5.13 Å². The number of carbonyl (C=O) groups excluding carboxylic acids is 1. The van der Waals surface area contributed by atoms with Crippen molar-refractivity contribution in [3.63, 3.8) is 0 Å². The molecule has 0 aliphatic rings. The number of H-pyrrole nitrogens is 1. The van der Waals surface area contributed by atoms with Gasteiger partial charge in [-0.25, -0.2) is 9.67 Å². The van der Waals surface area contributed by atoms with Gasteiger partial charge in [0.25, 0.3) is 11.5 Å². The summed E-state index contributed by atoms with van der Waals surface area (Å²) in [5, 5.41) is 8.36.